The van der Waals surface area contributed by atoms with Crippen LogP contribution in [0.4, 0.5) is 0 Å². The summed E-state index contributed by atoms with van der Waals surface area (Å²) < 4.78 is 5.34. The number of benzene rings is 2. The van der Waals surface area contributed by atoms with Crippen molar-refractivity contribution >= 4 is 5.91 Å². The fourth-order valence-electron chi connectivity index (χ4n) is 2.33. The Morgan fingerprint density at radius 3 is 2.32 bits per heavy atom. The van der Waals surface area contributed by atoms with Gasteiger partial charge in [-0.15, -0.1) is 0 Å². The molecule has 1 unspecified atom stereocenters. The first kappa shape index (κ1) is 14.1. The van der Waals surface area contributed by atoms with Crippen LogP contribution in [0.25, 0.3) is 11.3 Å². The molecule has 1 atom stereocenters. The Morgan fingerprint density at radius 2 is 1.68 bits per heavy atom. The zero-order valence-corrected chi connectivity index (χ0v) is 12.3. The van der Waals surface area contributed by atoms with Gasteiger partial charge in [0.25, 0.3) is 5.91 Å². The first-order valence-corrected chi connectivity index (χ1v) is 7.24. The molecule has 1 aromatic heterocycles. The van der Waals surface area contributed by atoms with Gasteiger partial charge >= 0.3 is 0 Å². The second-order valence-corrected chi connectivity index (χ2v) is 5.16. The molecule has 22 heavy (non-hydrogen) atoms. The van der Waals surface area contributed by atoms with Crippen LogP contribution in [0.3, 0.4) is 0 Å². The summed E-state index contributed by atoms with van der Waals surface area (Å²) in [5, 5.41) is 3.00. The topological polar surface area (TPSA) is 42.2 Å². The predicted octanol–water partition coefficient (Wildman–Crippen LogP) is 4.44. The lowest BCUT2D eigenvalue weighted by Gasteiger charge is -2.14. The normalized spacial score (nSPS) is 11.9. The van der Waals surface area contributed by atoms with Crippen LogP contribution in [-0.2, 0) is 0 Å². The third kappa shape index (κ3) is 3.09. The van der Waals surface area contributed by atoms with Crippen LogP contribution in [0.2, 0.25) is 0 Å². The van der Waals surface area contributed by atoms with E-state index in [0.29, 0.717) is 5.56 Å². The predicted molar refractivity (Wildman–Crippen MR) is 86.5 cm³/mol. The molecule has 0 aliphatic carbocycles. The largest absolute Gasteiger partial charge is 0.464 e. The highest BCUT2D eigenvalue weighted by atomic mass is 16.3. The van der Waals surface area contributed by atoms with Crippen LogP contribution < -0.4 is 5.32 Å². The molecular formula is C19H17NO2. The van der Waals surface area contributed by atoms with Crippen LogP contribution in [0, 0.1) is 0 Å². The number of carbonyl (C=O) groups excluding carboxylic acids is 1. The van der Waals surface area contributed by atoms with E-state index in [-0.39, 0.29) is 11.9 Å². The molecule has 1 N–H and O–H groups in total. The van der Waals surface area contributed by atoms with Crippen LogP contribution >= 0.6 is 0 Å². The van der Waals surface area contributed by atoms with Gasteiger partial charge in [0.2, 0.25) is 0 Å². The molecule has 2 aromatic carbocycles. The van der Waals surface area contributed by atoms with E-state index in [1.807, 2.05) is 73.7 Å². The Balaban J connectivity index is 1.70. The van der Waals surface area contributed by atoms with Crippen molar-refractivity contribution in [3.05, 3.63) is 84.1 Å². The highest BCUT2D eigenvalue weighted by Crippen LogP contribution is 2.20. The van der Waals surface area contributed by atoms with E-state index in [2.05, 4.69) is 5.32 Å². The molecule has 0 spiro atoms. The molecule has 3 rings (SSSR count). The number of carbonyl (C=O) groups is 1. The summed E-state index contributed by atoms with van der Waals surface area (Å²) in [6.07, 6.45) is 1.64. The second-order valence-electron chi connectivity index (χ2n) is 5.16. The molecule has 0 saturated carbocycles. The SMILES string of the molecule is CC(NC(=O)c1ccc(-c2ccco2)cc1)c1ccccc1. The number of furan rings is 1. The maximum Gasteiger partial charge on any atom is 0.251 e. The monoisotopic (exact) mass is 291 g/mol. The van der Waals surface area contributed by atoms with E-state index in [1.165, 1.54) is 0 Å². The zero-order chi connectivity index (χ0) is 15.4. The lowest BCUT2D eigenvalue weighted by molar-refractivity contribution is 0.0940. The molecule has 0 aliphatic heterocycles. The van der Waals surface area contributed by atoms with Crippen molar-refractivity contribution in [3.63, 3.8) is 0 Å². The highest BCUT2D eigenvalue weighted by Gasteiger charge is 2.11. The van der Waals surface area contributed by atoms with E-state index in [1.54, 1.807) is 6.26 Å². The van der Waals surface area contributed by atoms with Crippen molar-refractivity contribution in [2.24, 2.45) is 0 Å². The quantitative estimate of drug-likeness (QED) is 0.772. The van der Waals surface area contributed by atoms with Crippen molar-refractivity contribution < 1.29 is 9.21 Å². The molecule has 3 heteroatoms. The first-order valence-electron chi connectivity index (χ1n) is 7.24. The van der Waals surface area contributed by atoms with Crippen molar-refractivity contribution in [1.29, 1.82) is 0 Å². The lowest BCUT2D eigenvalue weighted by atomic mass is 10.1. The third-order valence-electron chi connectivity index (χ3n) is 3.60. The Morgan fingerprint density at radius 1 is 0.955 bits per heavy atom. The molecule has 0 saturated heterocycles. The second kappa shape index (κ2) is 6.31. The van der Waals surface area contributed by atoms with Gasteiger partial charge in [0, 0.05) is 11.1 Å². The molecular weight excluding hydrogens is 274 g/mol. The van der Waals surface area contributed by atoms with Crippen LogP contribution in [0.5, 0.6) is 0 Å². The number of rotatable bonds is 4. The van der Waals surface area contributed by atoms with E-state index >= 15 is 0 Å². The van der Waals surface area contributed by atoms with Crippen LogP contribution in [-0.4, -0.2) is 5.91 Å². The van der Waals surface area contributed by atoms with Gasteiger partial charge in [-0.1, -0.05) is 42.5 Å². The summed E-state index contributed by atoms with van der Waals surface area (Å²) in [5.74, 6) is 0.715. The number of nitrogens with one attached hydrogen (secondary N) is 1. The average molecular weight is 291 g/mol. The molecule has 3 aromatic rings. The smallest absolute Gasteiger partial charge is 0.251 e. The van der Waals surface area contributed by atoms with Crippen molar-refractivity contribution in [2.45, 2.75) is 13.0 Å². The molecule has 0 bridgehead atoms. The Kier molecular flexibility index (Phi) is 4.05. The van der Waals surface area contributed by atoms with Crippen molar-refractivity contribution in [1.82, 2.24) is 5.32 Å². The molecule has 1 amide bonds. The number of hydrogen-bond acceptors (Lipinski definition) is 2. The number of hydrogen-bond donors (Lipinski definition) is 1. The fourth-order valence-corrected chi connectivity index (χ4v) is 2.33. The summed E-state index contributed by atoms with van der Waals surface area (Å²) in [5.41, 5.74) is 2.68. The summed E-state index contributed by atoms with van der Waals surface area (Å²) in [7, 11) is 0. The van der Waals surface area contributed by atoms with Gasteiger partial charge in [0.15, 0.2) is 0 Å². The molecule has 0 fully saturated rings. The molecule has 3 nitrogen and oxygen atoms in total. The molecule has 110 valence electrons. The minimum atomic E-state index is -0.0812. The van der Waals surface area contributed by atoms with Gasteiger partial charge < -0.3 is 9.73 Å². The Labute approximate surface area is 129 Å². The fraction of sp³-hybridized carbons (Fsp3) is 0.105. The van der Waals surface area contributed by atoms with Gasteiger partial charge in [0.05, 0.1) is 12.3 Å². The summed E-state index contributed by atoms with van der Waals surface area (Å²) in [4.78, 5) is 12.3. The van der Waals surface area contributed by atoms with Crippen LogP contribution in [0.15, 0.2) is 77.4 Å². The molecule has 1 heterocycles. The highest BCUT2D eigenvalue weighted by molar-refractivity contribution is 5.94. The van der Waals surface area contributed by atoms with E-state index in [9.17, 15) is 4.79 Å². The Hall–Kier alpha value is -2.81. The van der Waals surface area contributed by atoms with Gasteiger partial charge in [-0.2, -0.15) is 0 Å². The average Bonchev–Trinajstić information content (AvgIpc) is 3.10. The maximum atomic E-state index is 12.3. The minimum Gasteiger partial charge on any atom is -0.464 e. The first-order chi connectivity index (χ1) is 10.7. The minimum absolute atomic E-state index is 0.0292. The van der Waals surface area contributed by atoms with E-state index in [0.717, 1.165) is 16.9 Å². The van der Waals surface area contributed by atoms with Crippen molar-refractivity contribution in [3.8, 4) is 11.3 Å². The van der Waals surface area contributed by atoms with Gasteiger partial charge in [0.1, 0.15) is 5.76 Å². The van der Waals surface area contributed by atoms with E-state index in [4.69, 9.17) is 4.42 Å². The standard InChI is InChI=1S/C19H17NO2/c1-14(15-6-3-2-4-7-15)20-19(21)17-11-9-16(10-12-17)18-8-5-13-22-18/h2-14H,1H3,(H,20,21). The van der Waals surface area contributed by atoms with E-state index < -0.39 is 0 Å². The van der Waals surface area contributed by atoms with Crippen LogP contribution in [0.1, 0.15) is 28.9 Å². The summed E-state index contributed by atoms with van der Waals surface area (Å²) >= 11 is 0. The number of amides is 1. The third-order valence-corrected chi connectivity index (χ3v) is 3.60. The van der Waals surface area contributed by atoms with Gasteiger partial charge in [-0.3, -0.25) is 4.79 Å². The lowest BCUT2D eigenvalue weighted by Crippen LogP contribution is -2.26. The van der Waals surface area contributed by atoms with Gasteiger partial charge in [-0.25, -0.2) is 0 Å². The Bertz CT molecular complexity index is 731. The summed E-state index contributed by atoms with van der Waals surface area (Å²) in [6.45, 7) is 1.98. The van der Waals surface area contributed by atoms with Gasteiger partial charge in [-0.05, 0) is 36.8 Å². The molecule has 0 aliphatic rings. The maximum absolute atomic E-state index is 12.3. The van der Waals surface area contributed by atoms with Crippen molar-refractivity contribution in [2.75, 3.05) is 0 Å². The zero-order valence-electron chi connectivity index (χ0n) is 12.3. The summed E-state index contributed by atoms with van der Waals surface area (Å²) in [6, 6.07) is 21.0. The molecule has 0 radical (unpaired) electrons.